The highest BCUT2D eigenvalue weighted by atomic mass is 16.5. The summed E-state index contributed by atoms with van der Waals surface area (Å²) in [6.07, 6.45) is 0.529. The summed E-state index contributed by atoms with van der Waals surface area (Å²) < 4.78 is 5.73. The number of nitrogens with zero attached hydrogens (tertiary/aromatic N) is 4. The van der Waals surface area contributed by atoms with E-state index >= 15 is 0 Å². The first-order chi connectivity index (χ1) is 12.2. The maximum Gasteiger partial charge on any atom is 0.241 e. The molecule has 1 saturated heterocycles. The largest absolute Gasteiger partial charge is 0.457 e. The molecule has 7 heteroatoms. The van der Waals surface area contributed by atoms with Crippen LogP contribution in [0.1, 0.15) is 6.42 Å². The number of ether oxygens (including phenoxy) is 1. The Morgan fingerprint density at radius 3 is 2.56 bits per heavy atom. The number of benzene rings is 2. The van der Waals surface area contributed by atoms with Crippen molar-refractivity contribution in [3.8, 4) is 11.5 Å². The maximum atomic E-state index is 12.4. The van der Waals surface area contributed by atoms with Gasteiger partial charge in [0.1, 0.15) is 11.5 Å². The van der Waals surface area contributed by atoms with Crippen molar-refractivity contribution in [3.05, 3.63) is 65.0 Å². The predicted octanol–water partition coefficient (Wildman–Crippen LogP) is 3.80. The summed E-state index contributed by atoms with van der Waals surface area (Å²) in [6, 6.07) is 16.3. The number of azide groups is 1. The molecule has 1 heterocycles. The number of anilines is 1. The second-order valence-corrected chi connectivity index (χ2v) is 5.98. The third-order valence-corrected chi connectivity index (χ3v) is 4.14. The first-order valence-electron chi connectivity index (χ1n) is 8.04. The van der Waals surface area contributed by atoms with Crippen molar-refractivity contribution in [1.29, 1.82) is 0 Å². The van der Waals surface area contributed by atoms with Gasteiger partial charge in [0.25, 0.3) is 0 Å². The van der Waals surface area contributed by atoms with Gasteiger partial charge in [-0.1, -0.05) is 23.3 Å². The molecular formula is C18H19N5O2. The summed E-state index contributed by atoms with van der Waals surface area (Å²) in [4.78, 5) is 17.2. The van der Waals surface area contributed by atoms with Gasteiger partial charge in [-0.15, -0.1) is 0 Å². The molecule has 0 radical (unpaired) electrons. The van der Waals surface area contributed by atoms with Gasteiger partial charge in [0.05, 0.1) is 12.1 Å². The zero-order chi connectivity index (χ0) is 17.6. The second-order valence-electron chi connectivity index (χ2n) is 5.98. The molecule has 0 bridgehead atoms. The highest BCUT2D eigenvalue weighted by Crippen LogP contribution is 2.24. The lowest BCUT2D eigenvalue weighted by Crippen LogP contribution is -2.37. The molecular weight excluding hydrogens is 318 g/mol. The fraction of sp³-hybridized carbons (Fsp3) is 0.278. The van der Waals surface area contributed by atoms with E-state index in [0.717, 1.165) is 5.75 Å². The quantitative estimate of drug-likeness (QED) is 0.511. The Balaban J connectivity index is 1.59. The molecule has 0 spiro atoms. The van der Waals surface area contributed by atoms with E-state index in [1.165, 1.54) is 0 Å². The number of amides is 1. The van der Waals surface area contributed by atoms with E-state index in [4.69, 9.17) is 10.3 Å². The molecule has 7 nitrogen and oxygen atoms in total. The van der Waals surface area contributed by atoms with Gasteiger partial charge in [-0.2, -0.15) is 0 Å². The molecule has 1 fully saturated rings. The molecule has 2 atom stereocenters. The zero-order valence-electron chi connectivity index (χ0n) is 13.9. The molecule has 0 aromatic heterocycles. The lowest BCUT2D eigenvalue weighted by molar-refractivity contribution is -0.119. The third kappa shape index (κ3) is 4.29. The topological polar surface area (TPSA) is 90.3 Å². The molecule has 128 valence electrons. The number of rotatable bonds is 5. The Bertz CT molecular complexity index is 772. The summed E-state index contributed by atoms with van der Waals surface area (Å²) in [5, 5.41) is 6.60. The monoisotopic (exact) mass is 337 g/mol. The number of hydrogen-bond acceptors (Lipinski definition) is 4. The number of likely N-dealkylation sites (N-methyl/N-ethyl adjacent to an activating group) is 1. The summed E-state index contributed by atoms with van der Waals surface area (Å²) in [6.45, 7) is 0.589. The van der Waals surface area contributed by atoms with Crippen molar-refractivity contribution in [2.45, 2.75) is 18.5 Å². The first-order valence-corrected chi connectivity index (χ1v) is 8.04. The van der Waals surface area contributed by atoms with Gasteiger partial charge in [-0.05, 0) is 55.4 Å². The van der Waals surface area contributed by atoms with Crippen LogP contribution in [0, 0.1) is 0 Å². The molecule has 1 aliphatic rings. The molecule has 25 heavy (non-hydrogen) atoms. The molecule has 3 rings (SSSR count). The van der Waals surface area contributed by atoms with Crippen molar-refractivity contribution in [2.75, 3.05) is 18.9 Å². The van der Waals surface area contributed by atoms with E-state index in [1.54, 1.807) is 12.1 Å². The van der Waals surface area contributed by atoms with E-state index in [0.29, 0.717) is 24.4 Å². The molecule has 2 aromatic carbocycles. The van der Waals surface area contributed by atoms with Crippen molar-refractivity contribution in [2.24, 2.45) is 5.11 Å². The van der Waals surface area contributed by atoms with Crippen LogP contribution in [-0.4, -0.2) is 36.5 Å². The predicted molar refractivity (Wildman–Crippen MR) is 95.6 cm³/mol. The summed E-state index contributed by atoms with van der Waals surface area (Å²) in [5.74, 6) is 1.36. The van der Waals surface area contributed by atoms with Gasteiger partial charge in [0, 0.05) is 17.1 Å². The van der Waals surface area contributed by atoms with E-state index in [9.17, 15) is 4.79 Å². The Morgan fingerprint density at radius 1 is 1.20 bits per heavy atom. The van der Waals surface area contributed by atoms with E-state index in [1.807, 2.05) is 54.4 Å². The number of carbonyl (C=O) groups is 1. The smallest absolute Gasteiger partial charge is 0.241 e. The maximum absolute atomic E-state index is 12.4. The Kier molecular flexibility index (Phi) is 5.18. The minimum absolute atomic E-state index is 0.102. The molecule has 0 saturated carbocycles. The van der Waals surface area contributed by atoms with Crippen molar-refractivity contribution < 1.29 is 9.53 Å². The zero-order valence-corrected chi connectivity index (χ0v) is 13.9. The molecule has 1 aliphatic heterocycles. The van der Waals surface area contributed by atoms with Crippen LogP contribution in [0.5, 0.6) is 11.5 Å². The van der Waals surface area contributed by atoms with Crippen LogP contribution in [0.15, 0.2) is 59.7 Å². The van der Waals surface area contributed by atoms with Crippen molar-refractivity contribution >= 4 is 11.6 Å². The van der Waals surface area contributed by atoms with Crippen LogP contribution < -0.4 is 10.1 Å². The number of para-hydroxylation sites is 1. The van der Waals surface area contributed by atoms with Gasteiger partial charge in [0.2, 0.25) is 5.91 Å². The van der Waals surface area contributed by atoms with Gasteiger partial charge in [-0.25, -0.2) is 0 Å². The van der Waals surface area contributed by atoms with E-state index < -0.39 is 0 Å². The molecule has 2 unspecified atom stereocenters. The van der Waals surface area contributed by atoms with Gasteiger partial charge in [-0.3, -0.25) is 9.69 Å². The lowest BCUT2D eigenvalue weighted by Gasteiger charge is -2.18. The van der Waals surface area contributed by atoms with Crippen molar-refractivity contribution in [3.63, 3.8) is 0 Å². The Hall–Kier alpha value is -3.02. The van der Waals surface area contributed by atoms with E-state index in [2.05, 4.69) is 15.3 Å². The second kappa shape index (κ2) is 7.70. The fourth-order valence-corrected chi connectivity index (χ4v) is 2.89. The minimum atomic E-state index is -0.296. The number of hydrogen-bond donors (Lipinski definition) is 1. The van der Waals surface area contributed by atoms with Crippen LogP contribution in [-0.2, 0) is 4.79 Å². The standard InChI is InChI=1S/C18H19N5O2/c1-23-12-14(21-22-19)11-17(23)18(24)20-13-7-9-16(10-8-13)25-15-5-3-2-4-6-15/h2-10,14,17H,11-12H2,1H3,(H,20,24). The third-order valence-electron chi connectivity index (χ3n) is 4.14. The highest BCUT2D eigenvalue weighted by molar-refractivity contribution is 5.95. The van der Waals surface area contributed by atoms with Crippen LogP contribution >= 0.6 is 0 Å². The highest BCUT2D eigenvalue weighted by Gasteiger charge is 2.33. The normalized spacial score (nSPS) is 19.9. The van der Waals surface area contributed by atoms with E-state index in [-0.39, 0.29) is 18.0 Å². The van der Waals surface area contributed by atoms with Gasteiger partial charge in [0.15, 0.2) is 0 Å². The van der Waals surface area contributed by atoms with Gasteiger partial charge >= 0.3 is 0 Å². The number of carbonyl (C=O) groups excluding carboxylic acids is 1. The summed E-state index contributed by atoms with van der Waals surface area (Å²) in [7, 11) is 1.86. The fourth-order valence-electron chi connectivity index (χ4n) is 2.89. The summed E-state index contributed by atoms with van der Waals surface area (Å²) in [5.41, 5.74) is 9.23. The Labute approximate surface area is 145 Å². The SMILES string of the molecule is CN1CC(N=[N+]=[N-])CC1C(=O)Nc1ccc(Oc2ccccc2)cc1. The molecule has 1 N–H and O–H groups in total. The van der Waals surface area contributed by atoms with Crippen LogP contribution in [0.25, 0.3) is 10.4 Å². The molecule has 2 aromatic rings. The first kappa shape index (κ1) is 16.8. The van der Waals surface area contributed by atoms with Crippen LogP contribution in [0.2, 0.25) is 0 Å². The minimum Gasteiger partial charge on any atom is -0.457 e. The average Bonchev–Trinajstić information content (AvgIpc) is 2.98. The number of likely N-dealkylation sites (tertiary alicyclic amines) is 1. The average molecular weight is 337 g/mol. The van der Waals surface area contributed by atoms with Crippen LogP contribution in [0.4, 0.5) is 5.69 Å². The Morgan fingerprint density at radius 2 is 1.88 bits per heavy atom. The van der Waals surface area contributed by atoms with Crippen LogP contribution in [0.3, 0.4) is 0 Å². The number of nitrogens with one attached hydrogen (secondary N) is 1. The molecule has 0 aliphatic carbocycles. The lowest BCUT2D eigenvalue weighted by atomic mass is 10.1. The summed E-state index contributed by atoms with van der Waals surface area (Å²) >= 11 is 0. The van der Waals surface area contributed by atoms with Crippen molar-refractivity contribution in [1.82, 2.24) is 4.90 Å². The molecule has 1 amide bonds. The van der Waals surface area contributed by atoms with Gasteiger partial charge < -0.3 is 10.1 Å².